The Morgan fingerprint density at radius 1 is 1.41 bits per heavy atom. The first-order chi connectivity index (χ1) is 8.29. The fraction of sp³-hybridized carbons (Fsp3) is 0.308. The Morgan fingerprint density at radius 3 is 3.12 bits per heavy atom. The number of benzene rings is 1. The minimum Gasteiger partial charge on any atom is -0.464 e. The predicted molar refractivity (Wildman–Crippen MR) is 65.8 cm³/mol. The first-order valence-corrected chi connectivity index (χ1v) is 5.79. The Hall–Kier alpha value is -1.81. The van der Waals surface area contributed by atoms with Gasteiger partial charge >= 0.3 is 0 Å². The third-order valence-electron chi connectivity index (χ3n) is 3.09. The van der Waals surface area contributed by atoms with Gasteiger partial charge in [-0.2, -0.15) is 5.10 Å². The van der Waals surface area contributed by atoms with E-state index in [1.807, 2.05) is 36.0 Å². The molecule has 0 aliphatic carbocycles. The lowest BCUT2D eigenvalue weighted by atomic mass is 10.2. The quantitative estimate of drug-likeness (QED) is 0.752. The van der Waals surface area contributed by atoms with Crippen molar-refractivity contribution in [3.05, 3.63) is 30.7 Å². The predicted octanol–water partition coefficient (Wildman–Crippen LogP) is 2.55. The highest BCUT2D eigenvalue weighted by atomic mass is 16.3. The van der Waals surface area contributed by atoms with Gasteiger partial charge in [0.05, 0.1) is 30.6 Å². The number of aliphatic hydroxyl groups is 1. The van der Waals surface area contributed by atoms with E-state index in [1.54, 1.807) is 6.26 Å². The molecule has 0 saturated heterocycles. The average Bonchev–Trinajstić information content (AvgIpc) is 2.94. The monoisotopic (exact) mass is 230 g/mol. The van der Waals surface area contributed by atoms with Gasteiger partial charge in [-0.1, -0.05) is 6.92 Å². The highest BCUT2D eigenvalue weighted by Crippen LogP contribution is 2.26. The van der Waals surface area contributed by atoms with Crippen LogP contribution >= 0.6 is 0 Å². The number of furan rings is 1. The molecule has 3 aromatic rings. The molecule has 3 rings (SSSR count). The molecular weight excluding hydrogens is 216 g/mol. The van der Waals surface area contributed by atoms with Crippen LogP contribution in [0.4, 0.5) is 0 Å². The number of nitrogens with zero attached hydrogens (tertiary/aromatic N) is 2. The summed E-state index contributed by atoms with van der Waals surface area (Å²) in [5.41, 5.74) is 1.88. The van der Waals surface area contributed by atoms with Gasteiger partial charge < -0.3 is 9.52 Å². The molecule has 0 amide bonds. The van der Waals surface area contributed by atoms with Gasteiger partial charge in [0.25, 0.3) is 0 Å². The van der Waals surface area contributed by atoms with E-state index in [-0.39, 0.29) is 6.10 Å². The summed E-state index contributed by atoms with van der Waals surface area (Å²) in [4.78, 5) is 0. The van der Waals surface area contributed by atoms with Crippen LogP contribution in [0.1, 0.15) is 13.3 Å². The second kappa shape index (κ2) is 3.89. The summed E-state index contributed by atoms with van der Waals surface area (Å²) in [6.07, 6.45) is 3.87. The zero-order valence-corrected chi connectivity index (χ0v) is 9.63. The molecule has 0 aliphatic rings. The molecule has 0 spiro atoms. The molecule has 2 aromatic heterocycles. The molecular formula is C13H14N2O2. The van der Waals surface area contributed by atoms with Crippen molar-refractivity contribution in [2.75, 3.05) is 0 Å². The minimum absolute atomic E-state index is 0.361. The molecule has 1 aromatic carbocycles. The molecule has 1 N–H and O–H groups in total. The summed E-state index contributed by atoms with van der Waals surface area (Å²) >= 11 is 0. The van der Waals surface area contributed by atoms with Gasteiger partial charge in [0, 0.05) is 10.8 Å². The smallest absolute Gasteiger partial charge is 0.136 e. The molecule has 0 bridgehead atoms. The van der Waals surface area contributed by atoms with Crippen LogP contribution in [0.3, 0.4) is 0 Å². The van der Waals surface area contributed by atoms with Crippen LogP contribution in [0, 0.1) is 0 Å². The van der Waals surface area contributed by atoms with Crippen LogP contribution in [0.2, 0.25) is 0 Å². The normalized spacial score (nSPS) is 13.5. The van der Waals surface area contributed by atoms with E-state index in [0.29, 0.717) is 6.54 Å². The largest absolute Gasteiger partial charge is 0.464 e. The summed E-state index contributed by atoms with van der Waals surface area (Å²) in [6, 6.07) is 5.87. The molecule has 88 valence electrons. The second-order valence-corrected chi connectivity index (χ2v) is 4.22. The molecule has 4 heteroatoms. The maximum atomic E-state index is 9.73. The van der Waals surface area contributed by atoms with Gasteiger partial charge in [-0.3, -0.25) is 4.68 Å². The van der Waals surface area contributed by atoms with E-state index >= 15 is 0 Å². The third kappa shape index (κ3) is 1.61. The van der Waals surface area contributed by atoms with Crippen molar-refractivity contribution in [1.82, 2.24) is 9.78 Å². The van der Waals surface area contributed by atoms with Crippen molar-refractivity contribution in [3.8, 4) is 0 Å². The number of rotatable bonds is 3. The first-order valence-electron chi connectivity index (χ1n) is 5.79. The fourth-order valence-corrected chi connectivity index (χ4v) is 2.09. The molecule has 1 atom stereocenters. The number of aliphatic hydroxyl groups excluding tert-OH is 1. The number of fused-ring (bicyclic) bond motifs is 3. The Labute approximate surface area is 98.5 Å². The highest BCUT2D eigenvalue weighted by molar-refractivity contribution is 6.03. The van der Waals surface area contributed by atoms with Crippen LogP contribution in [-0.2, 0) is 6.54 Å². The number of hydrogen-bond donors (Lipinski definition) is 1. The lowest BCUT2D eigenvalue weighted by molar-refractivity contribution is 0.147. The third-order valence-corrected chi connectivity index (χ3v) is 3.09. The van der Waals surface area contributed by atoms with Crippen molar-refractivity contribution in [2.24, 2.45) is 0 Å². The molecule has 17 heavy (non-hydrogen) atoms. The Balaban J connectivity index is 2.21. The van der Waals surface area contributed by atoms with Gasteiger partial charge in [0.15, 0.2) is 0 Å². The summed E-state index contributed by atoms with van der Waals surface area (Å²) in [6.45, 7) is 2.48. The van der Waals surface area contributed by atoms with E-state index < -0.39 is 0 Å². The fourth-order valence-electron chi connectivity index (χ4n) is 2.09. The van der Waals surface area contributed by atoms with E-state index in [2.05, 4.69) is 5.10 Å². The van der Waals surface area contributed by atoms with E-state index in [4.69, 9.17) is 4.42 Å². The van der Waals surface area contributed by atoms with Gasteiger partial charge in [-0.25, -0.2) is 0 Å². The van der Waals surface area contributed by atoms with Gasteiger partial charge in [0.1, 0.15) is 5.58 Å². The van der Waals surface area contributed by atoms with Crippen LogP contribution in [0.5, 0.6) is 0 Å². The molecule has 4 nitrogen and oxygen atoms in total. The van der Waals surface area contributed by atoms with Crippen molar-refractivity contribution in [1.29, 1.82) is 0 Å². The lowest BCUT2D eigenvalue weighted by Crippen LogP contribution is -2.15. The summed E-state index contributed by atoms with van der Waals surface area (Å²) in [7, 11) is 0. The van der Waals surface area contributed by atoms with Gasteiger partial charge in [-0.15, -0.1) is 0 Å². The highest BCUT2D eigenvalue weighted by Gasteiger charge is 2.11. The minimum atomic E-state index is -0.361. The molecule has 0 radical (unpaired) electrons. The molecule has 0 fully saturated rings. The summed E-state index contributed by atoms with van der Waals surface area (Å²) < 4.78 is 7.23. The van der Waals surface area contributed by atoms with E-state index in [0.717, 1.165) is 28.3 Å². The second-order valence-electron chi connectivity index (χ2n) is 4.22. The van der Waals surface area contributed by atoms with Crippen molar-refractivity contribution in [3.63, 3.8) is 0 Å². The van der Waals surface area contributed by atoms with Gasteiger partial charge in [0.2, 0.25) is 0 Å². The van der Waals surface area contributed by atoms with Gasteiger partial charge in [-0.05, 0) is 24.6 Å². The summed E-state index contributed by atoms with van der Waals surface area (Å²) in [5.74, 6) is 0. The SMILES string of the molecule is CCC(O)Cn1ncc2ccc3occc3c21. The van der Waals surface area contributed by atoms with Crippen LogP contribution in [0.25, 0.3) is 21.9 Å². The lowest BCUT2D eigenvalue weighted by Gasteiger charge is -2.09. The standard InChI is InChI=1S/C13H14N2O2/c1-2-10(16)8-15-13-9(7-14-15)3-4-12-11(13)5-6-17-12/h3-7,10,16H,2,8H2,1H3. The van der Waals surface area contributed by atoms with Crippen LogP contribution < -0.4 is 0 Å². The maximum Gasteiger partial charge on any atom is 0.136 e. The Bertz CT molecular complexity index is 654. The molecule has 2 heterocycles. The van der Waals surface area contributed by atoms with Crippen LogP contribution in [0.15, 0.2) is 35.1 Å². The van der Waals surface area contributed by atoms with E-state index in [1.165, 1.54) is 0 Å². The molecule has 1 unspecified atom stereocenters. The molecule has 0 saturated carbocycles. The number of hydrogen-bond acceptors (Lipinski definition) is 3. The maximum absolute atomic E-state index is 9.73. The zero-order valence-electron chi connectivity index (χ0n) is 9.63. The van der Waals surface area contributed by atoms with Crippen molar-refractivity contribution >= 4 is 21.9 Å². The van der Waals surface area contributed by atoms with Crippen molar-refractivity contribution < 1.29 is 9.52 Å². The average molecular weight is 230 g/mol. The zero-order chi connectivity index (χ0) is 11.8. The first kappa shape index (κ1) is 10.4. The van der Waals surface area contributed by atoms with Crippen LogP contribution in [-0.4, -0.2) is 21.0 Å². The Kier molecular flexibility index (Phi) is 2.37. The summed E-state index contributed by atoms with van der Waals surface area (Å²) in [5, 5.41) is 16.2. The molecule has 0 aliphatic heterocycles. The Morgan fingerprint density at radius 2 is 2.29 bits per heavy atom. The topological polar surface area (TPSA) is 51.2 Å². The number of aromatic nitrogens is 2. The van der Waals surface area contributed by atoms with E-state index in [9.17, 15) is 5.11 Å². The van der Waals surface area contributed by atoms with Crippen molar-refractivity contribution in [2.45, 2.75) is 26.0 Å².